The summed E-state index contributed by atoms with van der Waals surface area (Å²) in [5.41, 5.74) is 5.37. The molecule has 6 nitrogen and oxygen atoms in total. The van der Waals surface area contributed by atoms with Gasteiger partial charge < -0.3 is 0 Å². The van der Waals surface area contributed by atoms with E-state index in [4.69, 9.17) is 0 Å². The number of carbonyl (C=O) groups excluding carboxylic acids is 2. The molecular weight excluding hydrogens is 391 g/mol. The number of hydrazone groups is 1. The minimum Gasteiger partial charge on any atom is -0.274 e. The Kier molecular flexibility index (Phi) is 6.13. The fraction of sp³-hybridized carbons (Fsp3) is 0.143. The van der Waals surface area contributed by atoms with Gasteiger partial charge in [0.25, 0.3) is 5.91 Å². The van der Waals surface area contributed by atoms with Crippen LogP contribution < -0.4 is 10.3 Å². The molecule has 3 rings (SSSR count). The molecule has 0 radical (unpaired) electrons. The fourth-order valence-corrected chi connectivity index (χ4v) is 3.67. The maximum Gasteiger partial charge on any atom is 0.274 e. The Morgan fingerprint density at radius 3 is 2.48 bits per heavy atom. The Morgan fingerprint density at radius 2 is 1.83 bits per heavy atom. The second-order valence-electron chi connectivity index (χ2n) is 6.33. The van der Waals surface area contributed by atoms with Crippen molar-refractivity contribution in [1.82, 2.24) is 10.4 Å². The van der Waals surface area contributed by atoms with E-state index in [1.807, 2.05) is 32.0 Å². The van der Waals surface area contributed by atoms with Crippen molar-refractivity contribution in [3.8, 4) is 0 Å². The summed E-state index contributed by atoms with van der Waals surface area (Å²) in [5.74, 6) is -1.44. The summed E-state index contributed by atoms with van der Waals surface area (Å²) in [7, 11) is 0. The van der Waals surface area contributed by atoms with Crippen molar-refractivity contribution in [3.63, 3.8) is 0 Å². The van der Waals surface area contributed by atoms with Gasteiger partial charge in [-0.2, -0.15) is 5.10 Å². The molecule has 2 aromatic carbocycles. The van der Waals surface area contributed by atoms with Crippen molar-refractivity contribution >= 4 is 40.2 Å². The summed E-state index contributed by atoms with van der Waals surface area (Å²) in [6, 6.07) is 11.5. The number of amides is 2. The van der Waals surface area contributed by atoms with Gasteiger partial charge in [0.05, 0.1) is 23.2 Å². The van der Waals surface area contributed by atoms with Crippen molar-refractivity contribution < 1.29 is 14.0 Å². The number of aryl methyl sites for hydroxylation is 2. The van der Waals surface area contributed by atoms with Gasteiger partial charge in [-0.3, -0.25) is 14.5 Å². The average molecular weight is 410 g/mol. The smallest absolute Gasteiger partial charge is 0.274 e. The molecule has 29 heavy (non-hydrogen) atoms. The number of para-hydroxylation sites is 1. The molecule has 3 aromatic rings. The first-order chi connectivity index (χ1) is 13.9. The molecule has 0 saturated carbocycles. The lowest BCUT2D eigenvalue weighted by Crippen LogP contribution is -2.24. The van der Waals surface area contributed by atoms with Crippen LogP contribution in [0.3, 0.4) is 0 Å². The van der Waals surface area contributed by atoms with Gasteiger partial charge in [0.15, 0.2) is 5.13 Å². The summed E-state index contributed by atoms with van der Waals surface area (Å²) in [6.07, 6.45) is 1.35. The van der Waals surface area contributed by atoms with Gasteiger partial charge in [0.2, 0.25) is 5.91 Å². The summed E-state index contributed by atoms with van der Waals surface area (Å²) < 4.78 is 13.6. The summed E-state index contributed by atoms with van der Waals surface area (Å²) in [6.45, 7) is 5.36. The Hall–Kier alpha value is -3.39. The number of hydrogen-bond donors (Lipinski definition) is 1. The Labute approximate surface area is 171 Å². The Morgan fingerprint density at radius 1 is 1.14 bits per heavy atom. The summed E-state index contributed by atoms with van der Waals surface area (Å²) >= 11 is 1.29. The zero-order valence-corrected chi connectivity index (χ0v) is 17.0. The molecular formula is C21H19FN4O2S. The molecule has 148 valence electrons. The third kappa shape index (κ3) is 4.55. The van der Waals surface area contributed by atoms with E-state index >= 15 is 0 Å². The molecule has 1 heterocycles. The number of aromatic nitrogens is 1. The van der Waals surface area contributed by atoms with Crippen LogP contribution in [0.2, 0.25) is 0 Å². The topological polar surface area (TPSA) is 74.7 Å². The monoisotopic (exact) mass is 410 g/mol. The molecule has 0 bridgehead atoms. The molecule has 0 aliphatic carbocycles. The second-order valence-corrected chi connectivity index (χ2v) is 7.17. The van der Waals surface area contributed by atoms with E-state index < -0.39 is 11.7 Å². The van der Waals surface area contributed by atoms with Crippen LogP contribution in [0, 0.1) is 19.7 Å². The van der Waals surface area contributed by atoms with E-state index in [0.29, 0.717) is 10.8 Å². The second kappa shape index (κ2) is 8.74. The predicted molar refractivity (Wildman–Crippen MR) is 112 cm³/mol. The molecule has 0 fully saturated rings. The largest absolute Gasteiger partial charge is 0.274 e. The van der Waals surface area contributed by atoms with Crippen LogP contribution in [-0.2, 0) is 4.79 Å². The summed E-state index contributed by atoms with van der Waals surface area (Å²) in [4.78, 5) is 30.3. The fourth-order valence-electron chi connectivity index (χ4n) is 2.85. The quantitative estimate of drug-likeness (QED) is 0.502. The number of anilines is 2. The number of thiazole rings is 1. The van der Waals surface area contributed by atoms with E-state index in [1.54, 1.807) is 16.3 Å². The standard InChI is InChI=1S/C21H19FN4O2S/c1-13-7-6-8-14(2)19(13)26(15(3)27)21-24-16(12-29-21)11-23-25-20(28)17-9-4-5-10-18(17)22/h4-12H,1-3H3,(H,25,28)/b23-11-. The van der Waals surface area contributed by atoms with Crippen molar-refractivity contribution in [3.05, 3.63) is 76.0 Å². The minimum absolute atomic E-state index is 0.0959. The third-order valence-corrected chi connectivity index (χ3v) is 5.00. The number of carbonyl (C=O) groups is 2. The van der Waals surface area contributed by atoms with Crippen LogP contribution in [0.4, 0.5) is 15.2 Å². The van der Waals surface area contributed by atoms with E-state index in [-0.39, 0.29) is 11.5 Å². The Balaban J connectivity index is 1.79. The van der Waals surface area contributed by atoms with E-state index in [2.05, 4.69) is 15.5 Å². The van der Waals surface area contributed by atoms with Gasteiger partial charge in [-0.15, -0.1) is 11.3 Å². The SMILES string of the molecule is CC(=O)N(c1nc(/C=N\NC(=O)c2ccccc2F)cs1)c1c(C)cccc1C. The highest BCUT2D eigenvalue weighted by Crippen LogP contribution is 2.33. The normalized spacial score (nSPS) is 10.9. The molecule has 0 saturated heterocycles. The first-order valence-corrected chi connectivity index (χ1v) is 9.67. The van der Waals surface area contributed by atoms with E-state index in [9.17, 15) is 14.0 Å². The Bertz CT molecular complexity index is 1070. The van der Waals surface area contributed by atoms with Crippen molar-refractivity contribution in [2.24, 2.45) is 5.10 Å². The molecule has 8 heteroatoms. The lowest BCUT2D eigenvalue weighted by atomic mass is 10.1. The van der Waals surface area contributed by atoms with Gasteiger partial charge in [-0.05, 0) is 37.1 Å². The van der Waals surface area contributed by atoms with Crippen LogP contribution in [-0.4, -0.2) is 23.0 Å². The highest BCUT2D eigenvalue weighted by Gasteiger charge is 2.21. The summed E-state index contributed by atoms with van der Waals surface area (Å²) in [5, 5.41) is 6.05. The number of hydrogen-bond acceptors (Lipinski definition) is 5. The van der Waals surface area contributed by atoms with Crippen LogP contribution in [0.5, 0.6) is 0 Å². The molecule has 0 aliphatic heterocycles. The number of rotatable bonds is 5. The highest BCUT2D eigenvalue weighted by atomic mass is 32.1. The van der Waals surface area contributed by atoms with Crippen molar-refractivity contribution in [2.75, 3.05) is 4.90 Å². The maximum absolute atomic E-state index is 13.6. The lowest BCUT2D eigenvalue weighted by molar-refractivity contribution is -0.115. The van der Waals surface area contributed by atoms with Crippen LogP contribution >= 0.6 is 11.3 Å². The lowest BCUT2D eigenvalue weighted by Gasteiger charge is -2.22. The third-order valence-electron chi connectivity index (χ3n) is 4.16. The number of nitrogens with zero attached hydrogens (tertiary/aromatic N) is 3. The van der Waals surface area contributed by atoms with Crippen LogP contribution in [0.25, 0.3) is 0 Å². The minimum atomic E-state index is -0.657. The van der Waals surface area contributed by atoms with Gasteiger partial charge in [0, 0.05) is 12.3 Å². The van der Waals surface area contributed by atoms with Crippen LogP contribution in [0.15, 0.2) is 52.9 Å². The average Bonchev–Trinajstić information content (AvgIpc) is 3.13. The molecule has 1 N–H and O–H groups in total. The van der Waals surface area contributed by atoms with E-state index in [0.717, 1.165) is 16.8 Å². The molecule has 0 unspecified atom stereocenters. The van der Waals surface area contributed by atoms with Gasteiger partial charge in [-0.1, -0.05) is 30.3 Å². The van der Waals surface area contributed by atoms with Crippen LogP contribution in [0.1, 0.15) is 34.1 Å². The van der Waals surface area contributed by atoms with Gasteiger partial charge in [0.1, 0.15) is 5.82 Å². The van der Waals surface area contributed by atoms with E-state index in [1.165, 1.54) is 42.7 Å². The number of nitrogens with one attached hydrogen (secondary N) is 1. The molecule has 1 aromatic heterocycles. The first kappa shape index (κ1) is 20.3. The first-order valence-electron chi connectivity index (χ1n) is 8.79. The number of halogens is 1. The maximum atomic E-state index is 13.6. The molecule has 2 amide bonds. The zero-order chi connectivity index (χ0) is 21.0. The number of benzene rings is 2. The zero-order valence-electron chi connectivity index (χ0n) is 16.1. The van der Waals surface area contributed by atoms with Gasteiger partial charge in [-0.25, -0.2) is 14.8 Å². The van der Waals surface area contributed by atoms with Gasteiger partial charge >= 0.3 is 0 Å². The molecule has 0 aliphatic rings. The molecule has 0 spiro atoms. The molecule has 0 atom stereocenters. The van der Waals surface area contributed by atoms with Crippen molar-refractivity contribution in [2.45, 2.75) is 20.8 Å². The predicted octanol–water partition coefficient (Wildman–Crippen LogP) is 4.35. The highest BCUT2D eigenvalue weighted by molar-refractivity contribution is 7.14. The van der Waals surface area contributed by atoms with Crippen molar-refractivity contribution in [1.29, 1.82) is 0 Å².